The predicted molar refractivity (Wildman–Crippen MR) is 135 cm³/mol. The van der Waals surface area contributed by atoms with Crippen molar-refractivity contribution in [3.05, 3.63) is 47.6 Å². The summed E-state index contributed by atoms with van der Waals surface area (Å²) in [7, 11) is 3.23. The molecule has 1 atom stereocenters. The van der Waals surface area contributed by atoms with E-state index in [1.165, 1.54) is 0 Å². The highest BCUT2D eigenvalue weighted by molar-refractivity contribution is 6.05. The van der Waals surface area contributed by atoms with Gasteiger partial charge in [-0.25, -0.2) is 4.98 Å². The minimum absolute atomic E-state index is 0.145. The molecule has 0 saturated carbocycles. The Morgan fingerprint density at radius 2 is 1.92 bits per heavy atom. The minimum atomic E-state index is -2.84. The van der Waals surface area contributed by atoms with E-state index in [0.717, 1.165) is 51.8 Å². The summed E-state index contributed by atoms with van der Waals surface area (Å²) in [6, 6.07) is 3.50. The van der Waals surface area contributed by atoms with Crippen LogP contribution in [0.5, 0.6) is 5.75 Å². The summed E-state index contributed by atoms with van der Waals surface area (Å²) in [5, 5.41) is 0.818. The van der Waals surface area contributed by atoms with Crippen molar-refractivity contribution in [1.29, 1.82) is 0 Å². The van der Waals surface area contributed by atoms with Crippen LogP contribution in [0.3, 0.4) is 0 Å². The van der Waals surface area contributed by atoms with Gasteiger partial charge in [0.25, 0.3) is 0 Å². The van der Waals surface area contributed by atoms with E-state index in [2.05, 4.69) is 6.58 Å². The summed E-state index contributed by atoms with van der Waals surface area (Å²) < 4.78 is 49.5. The Labute approximate surface area is 209 Å². The molecule has 1 aliphatic rings. The number of hydrogen-bond donors (Lipinski definition) is 0. The number of alkyl halides is 2. The number of rotatable bonds is 9. The van der Waals surface area contributed by atoms with Crippen molar-refractivity contribution in [3.8, 4) is 5.75 Å². The molecule has 0 amide bonds. The van der Waals surface area contributed by atoms with Gasteiger partial charge in [0.05, 0.1) is 44.1 Å². The molecule has 4 rings (SSSR count). The second-order valence-corrected chi connectivity index (χ2v) is 9.15. The predicted octanol–water partition coefficient (Wildman–Crippen LogP) is 6.24. The molecule has 2 aromatic heterocycles. The van der Waals surface area contributed by atoms with Gasteiger partial charge in [0.2, 0.25) is 0 Å². The normalized spacial score (nSPS) is 16.4. The summed E-state index contributed by atoms with van der Waals surface area (Å²) in [4.78, 5) is 9.64. The zero-order chi connectivity index (χ0) is 26.0. The van der Waals surface area contributed by atoms with Crippen LogP contribution in [0.1, 0.15) is 57.0 Å². The Balaban J connectivity index is 1.99. The molecule has 7 nitrogen and oxygen atoms in total. The van der Waals surface area contributed by atoms with Crippen molar-refractivity contribution in [2.75, 3.05) is 34.0 Å². The molecule has 1 aliphatic heterocycles. The van der Waals surface area contributed by atoms with Gasteiger partial charge in [-0.05, 0) is 51.3 Å². The standard InChI is InChI=1S/C27H33F2N3O4/c1-15(2)24(17(4)33-5)20-11-21-19(12-23(20)34-6)25-22(13-30-21)31-26(18-7-9-35-10-8-18)32(25)16(3)14-36-27(28)29/h11-13,16,18,27H,1,7-10,14H2,2-6H3/b24-17+/t16-/m0/s1. The van der Waals surface area contributed by atoms with Gasteiger partial charge in [-0.2, -0.15) is 8.78 Å². The quantitative estimate of drug-likeness (QED) is 0.255. The van der Waals surface area contributed by atoms with E-state index in [4.69, 9.17) is 28.9 Å². The molecule has 0 unspecified atom stereocenters. The molecule has 0 N–H and O–H groups in total. The summed E-state index contributed by atoms with van der Waals surface area (Å²) in [6.45, 7) is 8.08. The lowest BCUT2D eigenvalue weighted by Gasteiger charge is -2.25. The number of nitrogens with zero attached hydrogens (tertiary/aromatic N) is 3. The van der Waals surface area contributed by atoms with E-state index < -0.39 is 6.61 Å². The smallest absolute Gasteiger partial charge is 0.345 e. The lowest BCUT2D eigenvalue weighted by Crippen LogP contribution is -2.22. The van der Waals surface area contributed by atoms with Gasteiger partial charge in [0.1, 0.15) is 22.8 Å². The first kappa shape index (κ1) is 26.0. The van der Waals surface area contributed by atoms with E-state index in [1.54, 1.807) is 20.4 Å². The summed E-state index contributed by atoms with van der Waals surface area (Å²) in [6.07, 6.45) is 3.36. The van der Waals surface area contributed by atoms with Crippen LogP contribution in [0.15, 0.2) is 36.2 Å². The Hall–Kier alpha value is -3.04. The van der Waals surface area contributed by atoms with Crippen molar-refractivity contribution in [3.63, 3.8) is 0 Å². The van der Waals surface area contributed by atoms with E-state index in [-0.39, 0.29) is 18.6 Å². The van der Waals surface area contributed by atoms with Crippen LogP contribution >= 0.6 is 0 Å². The highest BCUT2D eigenvalue weighted by Crippen LogP contribution is 2.40. The van der Waals surface area contributed by atoms with E-state index >= 15 is 0 Å². The number of benzene rings is 1. The summed E-state index contributed by atoms with van der Waals surface area (Å²) >= 11 is 0. The van der Waals surface area contributed by atoms with Gasteiger partial charge in [0.15, 0.2) is 0 Å². The number of ether oxygens (including phenoxy) is 4. The average Bonchev–Trinajstić information content (AvgIpc) is 3.27. The fraction of sp³-hybridized carbons (Fsp3) is 0.481. The van der Waals surface area contributed by atoms with Gasteiger partial charge in [-0.15, -0.1) is 0 Å². The lowest BCUT2D eigenvalue weighted by molar-refractivity contribution is -0.135. The molecule has 0 radical (unpaired) electrons. The third-order valence-electron chi connectivity index (χ3n) is 6.71. The first-order valence-corrected chi connectivity index (χ1v) is 12.0. The number of halogens is 2. The summed E-state index contributed by atoms with van der Waals surface area (Å²) in [5.41, 5.74) is 4.73. The van der Waals surface area contributed by atoms with Crippen molar-refractivity contribution < 1.29 is 27.7 Å². The van der Waals surface area contributed by atoms with Crippen LogP contribution in [0.25, 0.3) is 27.5 Å². The fourth-order valence-electron chi connectivity index (χ4n) is 4.98. The Bertz CT molecular complexity index is 1300. The van der Waals surface area contributed by atoms with Crippen molar-refractivity contribution in [2.24, 2.45) is 0 Å². The van der Waals surface area contributed by atoms with Crippen molar-refractivity contribution in [1.82, 2.24) is 14.5 Å². The van der Waals surface area contributed by atoms with Crippen LogP contribution in [-0.4, -0.2) is 55.2 Å². The topological polar surface area (TPSA) is 67.6 Å². The molecule has 0 aliphatic carbocycles. The van der Waals surface area contributed by atoms with Crippen LogP contribution in [0.4, 0.5) is 8.78 Å². The first-order valence-electron chi connectivity index (χ1n) is 12.0. The maximum atomic E-state index is 12.9. The Morgan fingerprint density at radius 1 is 1.19 bits per heavy atom. The number of aromatic nitrogens is 3. The monoisotopic (exact) mass is 501 g/mol. The molecule has 194 valence electrons. The number of hydrogen-bond acceptors (Lipinski definition) is 6. The second-order valence-electron chi connectivity index (χ2n) is 9.15. The Kier molecular flexibility index (Phi) is 7.90. The van der Waals surface area contributed by atoms with E-state index in [0.29, 0.717) is 30.2 Å². The molecular weight excluding hydrogens is 468 g/mol. The molecular formula is C27H33F2N3O4. The molecule has 1 saturated heterocycles. The van der Waals surface area contributed by atoms with Crippen molar-refractivity contribution >= 4 is 27.5 Å². The van der Waals surface area contributed by atoms with Gasteiger partial charge in [-0.1, -0.05) is 6.58 Å². The third kappa shape index (κ3) is 4.95. The lowest BCUT2D eigenvalue weighted by atomic mass is 9.96. The molecule has 1 aromatic carbocycles. The zero-order valence-electron chi connectivity index (χ0n) is 21.4. The average molecular weight is 502 g/mol. The minimum Gasteiger partial charge on any atom is -0.501 e. The van der Waals surface area contributed by atoms with E-state index in [1.807, 2.05) is 37.5 Å². The molecule has 0 bridgehead atoms. The SMILES string of the molecule is C=C(C)/C(=C(/C)OC)c1cc2ncc3nc(C4CCOCC4)n([C@@H](C)COC(F)F)c3c2cc1OC. The molecule has 0 spiro atoms. The highest BCUT2D eigenvalue weighted by Gasteiger charge is 2.27. The highest BCUT2D eigenvalue weighted by atomic mass is 19.3. The summed E-state index contributed by atoms with van der Waals surface area (Å²) in [5.74, 6) is 2.33. The van der Waals surface area contributed by atoms with Crippen molar-refractivity contribution in [2.45, 2.75) is 52.2 Å². The molecule has 36 heavy (non-hydrogen) atoms. The fourth-order valence-corrected chi connectivity index (χ4v) is 4.98. The number of pyridine rings is 1. The second kappa shape index (κ2) is 10.9. The molecule has 1 fully saturated rings. The van der Waals surface area contributed by atoms with Crippen LogP contribution in [0.2, 0.25) is 0 Å². The molecule has 3 aromatic rings. The van der Waals surface area contributed by atoms with Gasteiger partial charge < -0.3 is 23.5 Å². The molecule has 9 heteroatoms. The number of allylic oxidation sites excluding steroid dienone is 3. The number of methoxy groups -OCH3 is 2. The van der Waals surface area contributed by atoms with Crippen LogP contribution < -0.4 is 4.74 Å². The largest absolute Gasteiger partial charge is 0.501 e. The first-order chi connectivity index (χ1) is 17.3. The van der Waals surface area contributed by atoms with E-state index in [9.17, 15) is 8.78 Å². The third-order valence-corrected chi connectivity index (χ3v) is 6.71. The molecule has 3 heterocycles. The van der Waals surface area contributed by atoms with Gasteiger partial charge >= 0.3 is 6.61 Å². The number of imidazole rings is 1. The van der Waals surface area contributed by atoms with Gasteiger partial charge in [0, 0.05) is 35.7 Å². The Morgan fingerprint density at radius 3 is 2.53 bits per heavy atom. The maximum absolute atomic E-state index is 12.9. The van der Waals surface area contributed by atoms with Crippen LogP contribution in [0, 0.1) is 0 Å². The maximum Gasteiger partial charge on any atom is 0.345 e. The van der Waals surface area contributed by atoms with Crippen LogP contribution in [-0.2, 0) is 14.2 Å². The zero-order valence-corrected chi connectivity index (χ0v) is 21.4. The number of fused-ring (bicyclic) bond motifs is 3. The van der Waals surface area contributed by atoms with Gasteiger partial charge in [-0.3, -0.25) is 4.98 Å².